The van der Waals surface area contributed by atoms with E-state index in [2.05, 4.69) is 0 Å². The number of amides is 1. The minimum absolute atomic E-state index is 0.268. The van der Waals surface area contributed by atoms with Gasteiger partial charge in [0.05, 0.1) is 10.6 Å². The number of nitriles is 1. The molecule has 5 heteroatoms. The molecule has 1 amide bonds. The molecule has 0 radical (unpaired) electrons. The lowest BCUT2D eigenvalue weighted by molar-refractivity contribution is 0.100. The van der Waals surface area contributed by atoms with Crippen molar-refractivity contribution in [3.05, 3.63) is 28.8 Å². The third-order valence-corrected chi connectivity index (χ3v) is 2.26. The second-order valence-corrected chi connectivity index (χ2v) is 3.46. The number of carbonyl (C=O) groups excluding carboxylic acids is 1. The molecule has 0 bridgehead atoms. The van der Waals surface area contributed by atoms with Crippen LogP contribution >= 0.6 is 23.4 Å². The number of carbonyl (C=O) groups is 1. The maximum absolute atomic E-state index is 10.8. The highest BCUT2D eigenvalue weighted by atomic mass is 35.5. The Hall–Kier alpha value is -1.18. The number of nitrogens with two attached hydrogens (primary N) is 1. The van der Waals surface area contributed by atoms with Crippen LogP contribution in [0.4, 0.5) is 0 Å². The average molecular weight is 213 g/mol. The first-order valence-electron chi connectivity index (χ1n) is 3.30. The molecule has 0 atom stereocenters. The van der Waals surface area contributed by atoms with Gasteiger partial charge < -0.3 is 5.73 Å². The zero-order valence-corrected chi connectivity index (χ0v) is 8.02. The van der Waals surface area contributed by atoms with E-state index in [1.54, 1.807) is 6.07 Å². The minimum atomic E-state index is -0.571. The van der Waals surface area contributed by atoms with Crippen LogP contribution in [-0.4, -0.2) is 5.91 Å². The van der Waals surface area contributed by atoms with Crippen LogP contribution in [0.5, 0.6) is 0 Å². The van der Waals surface area contributed by atoms with E-state index in [-0.39, 0.29) is 10.6 Å². The second-order valence-electron chi connectivity index (χ2n) is 2.20. The number of thiocyanates is 1. The van der Waals surface area contributed by atoms with E-state index >= 15 is 0 Å². The summed E-state index contributed by atoms with van der Waals surface area (Å²) in [6.45, 7) is 0. The maximum atomic E-state index is 10.8. The van der Waals surface area contributed by atoms with Gasteiger partial charge >= 0.3 is 0 Å². The van der Waals surface area contributed by atoms with Crippen molar-refractivity contribution in [2.75, 3.05) is 0 Å². The lowest BCUT2D eigenvalue weighted by atomic mass is 10.2. The van der Waals surface area contributed by atoms with E-state index in [0.29, 0.717) is 4.90 Å². The average Bonchev–Trinajstić information content (AvgIpc) is 2.04. The SMILES string of the molecule is N#CSc1ccc(C(N)=O)c(Cl)c1. The van der Waals surface area contributed by atoms with Crippen LogP contribution in [0.3, 0.4) is 0 Å². The van der Waals surface area contributed by atoms with Crippen LogP contribution in [0.15, 0.2) is 23.1 Å². The molecule has 0 saturated carbocycles. The summed E-state index contributed by atoms with van der Waals surface area (Å²) in [6, 6.07) is 4.67. The summed E-state index contributed by atoms with van der Waals surface area (Å²) in [5.41, 5.74) is 5.31. The van der Waals surface area contributed by atoms with Crippen LogP contribution in [0.2, 0.25) is 5.02 Å². The van der Waals surface area contributed by atoms with Crippen molar-refractivity contribution in [3.8, 4) is 5.40 Å². The smallest absolute Gasteiger partial charge is 0.250 e. The number of thioether (sulfide) groups is 1. The summed E-state index contributed by atoms with van der Waals surface area (Å²) in [7, 11) is 0. The van der Waals surface area contributed by atoms with Crippen molar-refractivity contribution in [1.82, 2.24) is 0 Å². The van der Waals surface area contributed by atoms with Crippen LogP contribution < -0.4 is 5.73 Å². The number of hydrogen-bond donors (Lipinski definition) is 1. The third-order valence-electron chi connectivity index (χ3n) is 1.37. The molecule has 1 rings (SSSR count). The summed E-state index contributed by atoms with van der Waals surface area (Å²) in [6.07, 6.45) is 0. The fourth-order valence-electron chi connectivity index (χ4n) is 0.812. The van der Waals surface area contributed by atoms with E-state index in [1.165, 1.54) is 12.1 Å². The fraction of sp³-hybridized carbons (Fsp3) is 0. The lowest BCUT2D eigenvalue weighted by Crippen LogP contribution is -2.11. The predicted octanol–water partition coefficient (Wildman–Crippen LogP) is 2.01. The van der Waals surface area contributed by atoms with Gasteiger partial charge in [0.1, 0.15) is 5.40 Å². The molecule has 1 aromatic carbocycles. The van der Waals surface area contributed by atoms with Crippen molar-refractivity contribution < 1.29 is 4.79 Å². The topological polar surface area (TPSA) is 66.9 Å². The second kappa shape index (κ2) is 4.17. The fourth-order valence-corrected chi connectivity index (χ4v) is 1.57. The molecule has 3 nitrogen and oxygen atoms in total. The van der Waals surface area contributed by atoms with Gasteiger partial charge in [-0.15, -0.1) is 0 Å². The van der Waals surface area contributed by atoms with Crippen molar-refractivity contribution in [2.45, 2.75) is 4.90 Å². The highest BCUT2D eigenvalue weighted by Crippen LogP contribution is 2.23. The summed E-state index contributed by atoms with van der Waals surface area (Å²) in [5.74, 6) is -0.571. The van der Waals surface area contributed by atoms with E-state index in [1.807, 2.05) is 5.40 Å². The number of rotatable bonds is 2. The van der Waals surface area contributed by atoms with Gasteiger partial charge in [-0.05, 0) is 30.0 Å². The van der Waals surface area contributed by atoms with Crippen molar-refractivity contribution in [3.63, 3.8) is 0 Å². The van der Waals surface area contributed by atoms with Gasteiger partial charge in [-0.1, -0.05) is 11.6 Å². The van der Waals surface area contributed by atoms with Crippen LogP contribution in [0.25, 0.3) is 0 Å². The monoisotopic (exact) mass is 212 g/mol. The zero-order chi connectivity index (χ0) is 9.84. The molecule has 0 saturated heterocycles. The maximum Gasteiger partial charge on any atom is 0.250 e. The zero-order valence-electron chi connectivity index (χ0n) is 6.45. The Balaban J connectivity index is 3.07. The first-order chi connectivity index (χ1) is 6.15. The Kier molecular flexibility index (Phi) is 3.18. The highest BCUT2D eigenvalue weighted by molar-refractivity contribution is 8.03. The molecule has 0 unspecified atom stereocenters. The molecule has 1 aromatic rings. The van der Waals surface area contributed by atoms with Crippen LogP contribution in [0, 0.1) is 10.7 Å². The molecule has 2 N–H and O–H groups in total. The van der Waals surface area contributed by atoms with Gasteiger partial charge in [0.25, 0.3) is 0 Å². The van der Waals surface area contributed by atoms with Crippen molar-refractivity contribution >= 4 is 29.3 Å². The normalized spacial score (nSPS) is 9.23. The molecule has 13 heavy (non-hydrogen) atoms. The molecule has 0 spiro atoms. The molecule has 0 heterocycles. The number of benzene rings is 1. The molecular weight excluding hydrogens is 208 g/mol. The predicted molar refractivity (Wildman–Crippen MR) is 51.4 cm³/mol. The first kappa shape index (κ1) is 9.90. The van der Waals surface area contributed by atoms with Gasteiger partial charge in [0.15, 0.2) is 0 Å². The lowest BCUT2D eigenvalue weighted by Gasteiger charge is -2.00. The van der Waals surface area contributed by atoms with Gasteiger partial charge in [0.2, 0.25) is 5.91 Å². The molecule has 0 aliphatic heterocycles. The van der Waals surface area contributed by atoms with E-state index in [0.717, 1.165) is 11.8 Å². The van der Waals surface area contributed by atoms with Crippen LogP contribution in [-0.2, 0) is 0 Å². The van der Waals surface area contributed by atoms with Gasteiger partial charge in [0, 0.05) is 4.90 Å². The van der Waals surface area contributed by atoms with E-state index < -0.39 is 5.91 Å². The third kappa shape index (κ3) is 2.38. The van der Waals surface area contributed by atoms with E-state index in [9.17, 15) is 4.79 Å². The van der Waals surface area contributed by atoms with E-state index in [4.69, 9.17) is 22.6 Å². The summed E-state index contributed by atoms with van der Waals surface area (Å²) >= 11 is 6.72. The number of primary amides is 1. The van der Waals surface area contributed by atoms with Crippen molar-refractivity contribution in [2.24, 2.45) is 5.73 Å². The Labute approximate surface area is 84.5 Å². The standard InChI is InChI=1S/C8H5ClN2OS/c9-7-3-5(13-4-10)1-2-6(7)8(11)12/h1-3H,(H2,11,12). The Bertz CT molecular complexity index is 386. The Morgan fingerprint density at radius 3 is 2.77 bits per heavy atom. The van der Waals surface area contributed by atoms with Gasteiger partial charge in [-0.2, -0.15) is 5.26 Å². The number of hydrogen-bond acceptors (Lipinski definition) is 3. The Morgan fingerprint density at radius 1 is 1.62 bits per heavy atom. The quantitative estimate of drug-likeness (QED) is 0.602. The Morgan fingerprint density at radius 2 is 2.31 bits per heavy atom. The minimum Gasteiger partial charge on any atom is -0.366 e. The number of halogens is 1. The molecule has 66 valence electrons. The molecule has 0 fully saturated rings. The van der Waals surface area contributed by atoms with Crippen LogP contribution in [0.1, 0.15) is 10.4 Å². The summed E-state index contributed by atoms with van der Waals surface area (Å²) < 4.78 is 0. The molecule has 0 aliphatic carbocycles. The van der Waals surface area contributed by atoms with Crippen molar-refractivity contribution in [1.29, 1.82) is 5.26 Å². The van der Waals surface area contributed by atoms with Gasteiger partial charge in [-0.3, -0.25) is 4.79 Å². The summed E-state index contributed by atoms with van der Waals surface area (Å²) in [4.78, 5) is 11.4. The molecular formula is C8H5ClN2OS. The molecule has 0 aromatic heterocycles. The van der Waals surface area contributed by atoms with Gasteiger partial charge in [-0.25, -0.2) is 0 Å². The summed E-state index contributed by atoms with van der Waals surface area (Å²) in [5, 5.41) is 10.5. The molecule has 0 aliphatic rings. The highest BCUT2D eigenvalue weighted by Gasteiger charge is 2.06. The largest absolute Gasteiger partial charge is 0.366 e. The first-order valence-corrected chi connectivity index (χ1v) is 4.50. The number of nitrogens with zero attached hydrogens (tertiary/aromatic N) is 1.